The molecule has 0 saturated heterocycles. The average Bonchev–Trinajstić information content (AvgIpc) is 3.74. The summed E-state index contributed by atoms with van der Waals surface area (Å²) in [5, 5.41) is 1.16. The molecule has 0 spiro atoms. The summed E-state index contributed by atoms with van der Waals surface area (Å²) in [5.41, 5.74) is 11.0. The number of nitrogens with zero attached hydrogens (tertiary/aromatic N) is 4. The van der Waals surface area contributed by atoms with Crippen molar-refractivity contribution in [2.24, 2.45) is 0 Å². The topological polar surface area (TPSA) is 55.1 Å². The van der Waals surface area contributed by atoms with Crippen LogP contribution in [0.1, 0.15) is 22.8 Å². The van der Waals surface area contributed by atoms with Crippen molar-refractivity contribution in [2.75, 3.05) is 4.90 Å². The molecule has 0 N–H and O–H groups in total. The van der Waals surface area contributed by atoms with Crippen LogP contribution in [0.3, 0.4) is 0 Å². The van der Waals surface area contributed by atoms with Crippen LogP contribution >= 0.6 is 0 Å². The van der Waals surface area contributed by atoms with Crippen molar-refractivity contribution in [3.05, 3.63) is 181 Å². The predicted octanol–water partition coefficient (Wildman–Crippen LogP) is 11.0. The number of furan rings is 1. The Morgan fingerprint density at radius 1 is 0.500 bits per heavy atom. The van der Waals surface area contributed by atoms with Gasteiger partial charge in [0.1, 0.15) is 11.3 Å². The predicted molar refractivity (Wildman–Crippen MR) is 201 cm³/mol. The zero-order valence-corrected chi connectivity index (χ0v) is 27.0. The van der Waals surface area contributed by atoms with Gasteiger partial charge in [0.05, 0.1) is 6.04 Å². The molecule has 10 rings (SSSR count). The quantitative estimate of drug-likeness (QED) is 0.187. The minimum atomic E-state index is 0.176. The van der Waals surface area contributed by atoms with Gasteiger partial charge in [-0.1, -0.05) is 140 Å². The van der Waals surface area contributed by atoms with Gasteiger partial charge in [-0.2, -0.15) is 0 Å². The van der Waals surface area contributed by atoms with Crippen molar-refractivity contribution in [3.63, 3.8) is 0 Å². The Balaban J connectivity index is 1.01. The average molecular weight is 643 g/mol. The zero-order valence-electron chi connectivity index (χ0n) is 27.0. The van der Waals surface area contributed by atoms with Crippen LogP contribution in [-0.4, -0.2) is 21.0 Å². The number of para-hydroxylation sites is 2. The molecular weight excluding hydrogens is 613 g/mol. The van der Waals surface area contributed by atoms with E-state index in [9.17, 15) is 0 Å². The van der Waals surface area contributed by atoms with E-state index in [0.29, 0.717) is 17.5 Å². The maximum Gasteiger partial charge on any atom is 0.164 e. The van der Waals surface area contributed by atoms with E-state index in [1.165, 1.54) is 22.5 Å². The number of rotatable bonds is 5. The third-order valence-electron chi connectivity index (χ3n) is 9.89. The van der Waals surface area contributed by atoms with Gasteiger partial charge in [-0.25, -0.2) is 15.0 Å². The molecule has 5 nitrogen and oxygen atoms in total. The van der Waals surface area contributed by atoms with Crippen LogP contribution in [0.2, 0.25) is 0 Å². The van der Waals surface area contributed by atoms with E-state index in [-0.39, 0.29) is 12.0 Å². The van der Waals surface area contributed by atoms with E-state index >= 15 is 0 Å². The van der Waals surface area contributed by atoms with Crippen LogP contribution < -0.4 is 4.90 Å². The first-order valence-corrected chi connectivity index (χ1v) is 16.9. The molecule has 236 valence electrons. The van der Waals surface area contributed by atoms with Crippen molar-refractivity contribution in [1.29, 1.82) is 0 Å². The third-order valence-corrected chi connectivity index (χ3v) is 9.89. The van der Waals surface area contributed by atoms with E-state index in [2.05, 4.69) is 114 Å². The molecule has 0 fully saturated rings. The van der Waals surface area contributed by atoms with Crippen molar-refractivity contribution in [1.82, 2.24) is 15.0 Å². The van der Waals surface area contributed by atoms with Gasteiger partial charge in [0.15, 0.2) is 17.5 Å². The highest BCUT2D eigenvalue weighted by Gasteiger charge is 2.43. The van der Waals surface area contributed by atoms with Gasteiger partial charge in [-0.3, -0.25) is 0 Å². The SMILES string of the molecule is C1=CC2C(c3ccccc3N2c2ccccc2)c2c1oc1cc(-c3ccc(-c4nc(-c5ccccc5)nc(-c5ccccc5)n4)cc3)ccc21. The summed E-state index contributed by atoms with van der Waals surface area (Å²) in [7, 11) is 0. The van der Waals surface area contributed by atoms with E-state index in [1.54, 1.807) is 0 Å². The van der Waals surface area contributed by atoms with Gasteiger partial charge in [0.2, 0.25) is 0 Å². The summed E-state index contributed by atoms with van der Waals surface area (Å²) in [6.45, 7) is 0. The lowest BCUT2D eigenvalue weighted by atomic mass is 9.82. The molecule has 6 aromatic carbocycles. The van der Waals surface area contributed by atoms with Gasteiger partial charge in [0.25, 0.3) is 0 Å². The van der Waals surface area contributed by atoms with E-state index in [4.69, 9.17) is 19.4 Å². The maximum atomic E-state index is 6.59. The minimum Gasteiger partial charge on any atom is -0.456 e. The van der Waals surface area contributed by atoms with Gasteiger partial charge in [-0.05, 0) is 47.0 Å². The second kappa shape index (κ2) is 11.5. The Kier molecular flexibility index (Phi) is 6.56. The highest BCUT2D eigenvalue weighted by molar-refractivity contribution is 5.92. The number of fused-ring (bicyclic) bond motifs is 7. The maximum absolute atomic E-state index is 6.59. The molecule has 2 atom stereocenters. The van der Waals surface area contributed by atoms with Crippen molar-refractivity contribution in [2.45, 2.75) is 12.0 Å². The first-order chi connectivity index (χ1) is 24.8. The molecular formula is C45H30N4O. The molecule has 2 aliphatic rings. The summed E-state index contributed by atoms with van der Waals surface area (Å²) in [5.74, 6) is 3.07. The summed E-state index contributed by atoms with van der Waals surface area (Å²) >= 11 is 0. The Morgan fingerprint density at radius 2 is 1.04 bits per heavy atom. The highest BCUT2D eigenvalue weighted by Crippen LogP contribution is 2.53. The molecule has 3 heterocycles. The van der Waals surface area contributed by atoms with Crippen LogP contribution in [0.25, 0.3) is 62.3 Å². The van der Waals surface area contributed by atoms with Crippen LogP contribution in [0.4, 0.5) is 11.4 Å². The van der Waals surface area contributed by atoms with Gasteiger partial charge in [-0.15, -0.1) is 0 Å². The largest absolute Gasteiger partial charge is 0.456 e. The molecule has 8 aromatic rings. The van der Waals surface area contributed by atoms with Crippen LogP contribution in [0, 0.1) is 0 Å². The van der Waals surface area contributed by atoms with E-state index in [0.717, 1.165) is 44.5 Å². The zero-order chi connectivity index (χ0) is 33.0. The lowest BCUT2D eigenvalue weighted by Crippen LogP contribution is -2.30. The molecule has 1 aliphatic carbocycles. The van der Waals surface area contributed by atoms with Crippen molar-refractivity contribution < 1.29 is 4.42 Å². The lowest BCUT2D eigenvalue weighted by molar-refractivity contribution is 0.584. The van der Waals surface area contributed by atoms with Crippen LogP contribution in [0.15, 0.2) is 168 Å². The van der Waals surface area contributed by atoms with E-state index < -0.39 is 0 Å². The second-order valence-electron chi connectivity index (χ2n) is 12.8. The van der Waals surface area contributed by atoms with Gasteiger partial charge < -0.3 is 9.32 Å². The first-order valence-electron chi connectivity index (χ1n) is 16.9. The fraction of sp³-hybridized carbons (Fsp3) is 0.0444. The molecule has 2 aromatic heterocycles. The van der Waals surface area contributed by atoms with E-state index in [1.807, 2.05) is 60.7 Å². The van der Waals surface area contributed by atoms with Crippen molar-refractivity contribution in [3.8, 4) is 45.3 Å². The van der Waals surface area contributed by atoms with Crippen molar-refractivity contribution >= 4 is 28.4 Å². The second-order valence-corrected chi connectivity index (χ2v) is 12.8. The molecule has 2 unspecified atom stereocenters. The molecule has 5 heteroatoms. The Hall–Kier alpha value is -6.59. The summed E-state index contributed by atoms with van der Waals surface area (Å²) in [4.78, 5) is 17.1. The molecule has 0 saturated carbocycles. The third kappa shape index (κ3) is 4.66. The molecule has 0 radical (unpaired) electrons. The Labute approximate surface area is 289 Å². The lowest BCUT2D eigenvalue weighted by Gasteiger charge is -2.30. The number of anilines is 2. The fourth-order valence-corrected chi connectivity index (χ4v) is 7.58. The number of hydrogen-bond acceptors (Lipinski definition) is 5. The summed E-state index contributed by atoms with van der Waals surface area (Å²) < 4.78 is 6.59. The molecule has 50 heavy (non-hydrogen) atoms. The molecule has 1 aliphatic heterocycles. The van der Waals surface area contributed by atoms with Gasteiger partial charge in [0, 0.05) is 44.9 Å². The number of aromatic nitrogens is 3. The highest BCUT2D eigenvalue weighted by atomic mass is 16.3. The van der Waals surface area contributed by atoms with Crippen LogP contribution in [-0.2, 0) is 0 Å². The number of benzene rings is 6. The Morgan fingerprint density at radius 3 is 1.70 bits per heavy atom. The monoisotopic (exact) mass is 642 g/mol. The molecule has 0 bridgehead atoms. The molecule has 0 amide bonds. The summed E-state index contributed by atoms with van der Waals surface area (Å²) in [6.07, 6.45) is 4.46. The normalized spacial score (nSPS) is 15.9. The van der Waals surface area contributed by atoms with Gasteiger partial charge >= 0.3 is 0 Å². The minimum absolute atomic E-state index is 0.176. The van der Waals surface area contributed by atoms with Crippen LogP contribution in [0.5, 0.6) is 0 Å². The standard InChI is InChI=1S/C45H30N4O/c1-4-12-30(13-5-1)43-46-44(31-14-6-2-7-15-31)48-45(47-43)32-22-20-29(21-23-32)33-24-25-36-40(28-33)50-39-27-26-38-41(42(36)39)35-18-10-11-19-37(35)49(38)34-16-8-3-9-17-34/h1-28,38,41H. The first kappa shape index (κ1) is 28.4. The summed E-state index contributed by atoms with van der Waals surface area (Å²) in [6, 6.07) is 54.8. The smallest absolute Gasteiger partial charge is 0.164 e. The number of hydrogen-bond donors (Lipinski definition) is 0. The Bertz CT molecular complexity index is 2480. The fourth-order valence-electron chi connectivity index (χ4n) is 7.58.